The summed E-state index contributed by atoms with van der Waals surface area (Å²) >= 11 is 11.8. The van der Waals surface area contributed by atoms with Gasteiger partial charge >= 0.3 is 5.97 Å². The van der Waals surface area contributed by atoms with Crippen LogP contribution in [0.4, 0.5) is 5.69 Å². The number of aromatic nitrogens is 1. The van der Waals surface area contributed by atoms with E-state index in [1.165, 1.54) is 12.3 Å². The number of aromatic carboxylic acids is 1. The first-order valence-corrected chi connectivity index (χ1v) is 5.69. The number of nitrogens with zero attached hydrogens (tertiary/aromatic N) is 1. The molecule has 3 N–H and O–H groups in total. The lowest BCUT2D eigenvalue weighted by molar-refractivity contribution is 0.0698. The maximum Gasteiger partial charge on any atom is 0.337 e. The lowest BCUT2D eigenvalue weighted by Crippen LogP contribution is -2.03. The van der Waals surface area contributed by atoms with Gasteiger partial charge in [0.25, 0.3) is 0 Å². The molecule has 0 fully saturated rings. The lowest BCUT2D eigenvalue weighted by Gasteiger charge is -2.06. The summed E-state index contributed by atoms with van der Waals surface area (Å²) in [6.07, 6.45) is 1.30. The smallest absolute Gasteiger partial charge is 0.337 e. The van der Waals surface area contributed by atoms with Crippen molar-refractivity contribution in [3.05, 3.63) is 46.1 Å². The first-order chi connectivity index (χ1) is 8.49. The normalized spacial score (nSPS) is 10.3. The Labute approximate surface area is 113 Å². The van der Waals surface area contributed by atoms with E-state index in [0.29, 0.717) is 21.3 Å². The van der Waals surface area contributed by atoms with Crippen molar-refractivity contribution in [3.8, 4) is 11.3 Å². The third-order valence-electron chi connectivity index (χ3n) is 2.37. The van der Waals surface area contributed by atoms with E-state index in [9.17, 15) is 4.79 Å². The highest BCUT2D eigenvalue weighted by Gasteiger charge is 2.12. The molecule has 6 heteroatoms. The fourth-order valence-corrected chi connectivity index (χ4v) is 2.00. The average Bonchev–Trinajstić information content (AvgIpc) is 2.30. The van der Waals surface area contributed by atoms with Gasteiger partial charge in [0.2, 0.25) is 0 Å². The van der Waals surface area contributed by atoms with E-state index in [-0.39, 0.29) is 11.3 Å². The first-order valence-electron chi connectivity index (χ1n) is 4.93. The molecule has 1 heterocycles. The Balaban J connectivity index is 2.58. The van der Waals surface area contributed by atoms with Crippen molar-refractivity contribution >= 4 is 34.9 Å². The predicted molar refractivity (Wildman–Crippen MR) is 71.1 cm³/mol. The highest BCUT2D eigenvalue weighted by atomic mass is 35.5. The molecule has 2 aromatic rings. The Morgan fingerprint density at radius 2 is 2.00 bits per heavy atom. The molecular weight excluding hydrogens is 275 g/mol. The molecule has 0 aliphatic heterocycles. The van der Waals surface area contributed by atoms with E-state index in [1.54, 1.807) is 18.2 Å². The molecular formula is C12H8Cl2N2O2. The highest BCUT2D eigenvalue weighted by Crippen LogP contribution is 2.30. The second-order valence-corrected chi connectivity index (χ2v) is 4.43. The van der Waals surface area contributed by atoms with Crippen molar-refractivity contribution in [3.63, 3.8) is 0 Å². The molecule has 0 radical (unpaired) electrons. The quantitative estimate of drug-likeness (QED) is 0.886. The summed E-state index contributed by atoms with van der Waals surface area (Å²) in [5.41, 5.74) is 6.67. The number of hydrogen-bond donors (Lipinski definition) is 2. The molecule has 0 spiro atoms. The standard InChI is InChI=1S/C12H8Cl2N2O2/c13-6-1-2-7(9(14)3-6)11-4-8(12(17)18)10(15)5-16-11/h1-5H,15H2,(H,17,18). The van der Waals surface area contributed by atoms with Crippen molar-refractivity contribution < 1.29 is 9.90 Å². The monoisotopic (exact) mass is 282 g/mol. The molecule has 1 aromatic heterocycles. The Morgan fingerprint density at radius 1 is 1.28 bits per heavy atom. The highest BCUT2D eigenvalue weighted by molar-refractivity contribution is 6.36. The van der Waals surface area contributed by atoms with Crippen LogP contribution in [0.25, 0.3) is 11.3 Å². The van der Waals surface area contributed by atoms with Gasteiger partial charge in [-0.3, -0.25) is 4.98 Å². The van der Waals surface area contributed by atoms with Crippen LogP contribution in [-0.4, -0.2) is 16.1 Å². The molecule has 18 heavy (non-hydrogen) atoms. The third-order valence-corrected chi connectivity index (χ3v) is 2.92. The average molecular weight is 283 g/mol. The van der Waals surface area contributed by atoms with Gasteiger partial charge < -0.3 is 10.8 Å². The van der Waals surface area contributed by atoms with Gasteiger partial charge in [-0.05, 0) is 24.3 Å². The maximum absolute atomic E-state index is 11.0. The number of carbonyl (C=O) groups is 1. The number of pyridine rings is 1. The van der Waals surface area contributed by atoms with E-state index in [4.69, 9.17) is 34.0 Å². The molecule has 0 saturated heterocycles. The van der Waals surface area contributed by atoms with Gasteiger partial charge in [-0.15, -0.1) is 0 Å². The van der Waals surface area contributed by atoms with Crippen LogP contribution >= 0.6 is 23.2 Å². The minimum atomic E-state index is -1.11. The van der Waals surface area contributed by atoms with Gasteiger partial charge in [-0.25, -0.2) is 4.79 Å². The van der Waals surface area contributed by atoms with Crippen LogP contribution in [-0.2, 0) is 0 Å². The van der Waals surface area contributed by atoms with Crippen molar-refractivity contribution in [1.29, 1.82) is 0 Å². The molecule has 0 atom stereocenters. The van der Waals surface area contributed by atoms with E-state index in [1.807, 2.05) is 0 Å². The van der Waals surface area contributed by atoms with Gasteiger partial charge in [-0.1, -0.05) is 23.2 Å². The van der Waals surface area contributed by atoms with Crippen molar-refractivity contribution in [1.82, 2.24) is 4.98 Å². The van der Waals surface area contributed by atoms with Gasteiger partial charge in [0.1, 0.15) is 0 Å². The van der Waals surface area contributed by atoms with E-state index >= 15 is 0 Å². The van der Waals surface area contributed by atoms with Gasteiger partial charge in [0, 0.05) is 10.6 Å². The fraction of sp³-hybridized carbons (Fsp3) is 0. The summed E-state index contributed by atoms with van der Waals surface area (Å²) in [4.78, 5) is 15.0. The molecule has 1 aromatic carbocycles. The maximum atomic E-state index is 11.0. The van der Waals surface area contributed by atoms with Crippen LogP contribution in [0.3, 0.4) is 0 Å². The summed E-state index contributed by atoms with van der Waals surface area (Å²) in [6, 6.07) is 6.28. The molecule has 4 nitrogen and oxygen atoms in total. The van der Waals surface area contributed by atoms with Gasteiger partial charge in [-0.2, -0.15) is 0 Å². The largest absolute Gasteiger partial charge is 0.478 e. The van der Waals surface area contributed by atoms with Crippen LogP contribution in [0.1, 0.15) is 10.4 Å². The van der Waals surface area contributed by atoms with Crippen molar-refractivity contribution in [2.75, 3.05) is 5.73 Å². The minimum absolute atomic E-state index is 0.00832. The summed E-state index contributed by atoms with van der Waals surface area (Å²) in [5.74, 6) is -1.11. The Morgan fingerprint density at radius 3 is 2.61 bits per heavy atom. The molecule has 0 saturated carbocycles. The second-order valence-electron chi connectivity index (χ2n) is 3.59. The Hall–Kier alpha value is -1.78. The molecule has 0 aliphatic rings. The summed E-state index contributed by atoms with van der Waals surface area (Å²) < 4.78 is 0. The van der Waals surface area contributed by atoms with Crippen LogP contribution in [0, 0.1) is 0 Å². The number of halogens is 2. The third kappa shape index (κ3) is 2.39. The molecule has 92 valence electrons. The predicted octanol–water partition coefficient (Wildman–Crippen LogP) is 3.34. The zero-order valence-corrected chi connectivity index (χ0v) is 10.5. The van der Waals surface area contributed by atoms with Gasteiger partial charge in [0.05, 0.1) is 28.2 Å². The van der Waals surface area contributed by atoms with Crippen LogP contribution in [0.5, 0.6) is 0 Å². The first kappa shape index (κ1) is 12.7. The van der Waals surface area contributed by atoms with Crippen molar-refractivity contribution in [2.24, 2.45) is 0 Å². The number of anilines is 1. The van der Waals surface area contributed by atoms with E-state index in [2.05, 4.69) is 4.98 Å². The number of hydrogen-bond acceptors (Lipinski definition) is 3. The summed E-state index contributed by atoms with van der Waals surface area (Å²) in [7, 11) is 0. The van der Waals surface area contributed by atoms with Crippen LogP contribution in [0.15, 0.2) is 30.5 Å². The number of rotatable bonds is 2. The van der Waals surface area contributed by atoms with E-state index < -0.39 is 5.97 Å². The number of carboxylic acid groups (broad SMARTS) is 1. The molecule has 0 amide bonds. The number of carboxylic acids is 1. The number of benzene rings is 1. The zero-order valence-electron chi connectivity index (χ0n) is 9.02. The Bertz CT molecular complexity index is 629. The molecule has 0 unspecified atom stereocenters. The van der Waals surface area contributed by atoms with Crippen LogP contribution in [0.2, 0.25) is 10.0 Å². The molecule has 0 aliphatic carbocycles. The second kappa shape index (κ2) is 4.84. The fourth-order valence-electron chi connectivity index (χ4n) is 1.50. The van der Waals surface area contributed by atoms with Crippen LogP contribution < -0.4 is 5.73 Å². The topological polar surface area (TPSA) is 76.2 Å². The summed E-state index contributed by atoms with van der Waals surface area (Å²) in [6.45, 7) is 0. The number of nitrogens with two attached hydrogens (primary N) is 1. The zero-order chi connectivity index (χ0) is 13.3. The lowest BCUT2D eigenvalue weighted by atomic mass is 10.1. The summed E-state index contributed by atoms with van der Waals surface area (Å²) in [5, 5.41) is 9.89. The molecule has 2 rings (SSSR count). The Kier molecular flexibility index (Phi) is 3.41. The molecule has 0 bridgehead atoms. The SMILES string of the molecule is Nc1cnc(-c2ccc(Cl)cc2Cl)cc1C(=O)O. The number of nitrogen functional groups attached to an aromatic ring is 1. The minimum Gasteiger partial charge on any atom is -0.478 e. The van der Waals surface area contributed by atoms with E-state index in [0.717, 1.165) is 0 Å². The van der Waals surface area contributed by atoms with Crippen molar-refractivity contribution in [2.45, 2.75) is 0 Å². The van der Waals surface area contributed by atoms with Gasteiger partial charge in [0.15, 0.2) is 0 Å².